The summed E-state index contributed by atoms with van der Waals surface area (Å²) < 4.78 is 24.3. The summed E-state index contributed by atoms with van der Waals surface area (Å²) in [6, 6.07) is 2.57. The van der Waals surface area contributed by atoms with Crippen LogP contribution in [0.4, 0.5) is 8.78 Å². The number of amides is 1. The predicted molar refractivity (Wildman–Crippen MR) is 42.4 cm³/mol. The molecule has 1 heterocycles. The van der Waals surface area contributed by atoms with Gasteiger partial charge >= 0.3 is 0 Å². The molecule has 70 valence electrons. The van der Waals surface area contributed by atoms with Gasteiger partial charge in [-0.2, -0.15) is 0 Å². The minimum absolute atomic E-state index is 0.0993. The average Bonchev–Trinajstić information content (AvgIpc) is 2.04. The van der Waals surface area contributed by atoms with Crippen LogP contribution in [0.15, 0.2) is 12.1 Å². The van der Waals surface area contributed by atoms with Gasteiger partial charge in [-0.1, -0.05) is 6.07 Å². The number of hydrogen-bond donors (Lipinski definition) is 1. The van der Waals surface area contributed by atoms with Crippen molar-refractivity contribution < 1.29 is 13.6 Å². The number of alkyl halides is 2. The van der Waals surface area contributed by atoms with Crippen molar-refractivity contribution >= 4 is 5.91 Å². The second-order valence-electron chi connectivity index (χ2n) is 2.57. The van der Waals surface area contributed by atoms with Crippen molar-refractivity contribution in [3.8, 4) is 0 Å². The van der Waals surface area contributed by atoms with E-state index in [0.717, 1.165) is 0 Å². The van der Waals surface area contributed by atoms with E-state index in [1.807, 2.05) is 0 Å². The number of halogens is 2. The normalized spacial score (nSPS) is 10.5. The zero-order valence-corrected chi connectivity index (χ0v) is 6.92. The first-order valence-corrected chi connectivity index (χ1v) is 3.58. The van der Waals surface area contributed by atoms with Crippen molar-refractivity contribution in [2.24, 2.45) is 5.73 Å². The quantitative estimate of drug-likeness (QED) is 0.759. The maximum absolute atomic E-state index is 12.1. The zero-order chi connectivity index (χ0) is 10.0. The molecule has 0 saturated heterocycles. The topological polar surface area (TPSA) is 56.0 Å². The van der Waals surface area contributed by atoms with Crippen LogP contribution in [0, 0.1) is 6.92 Å². The molecule has 1 aromatic rings. The van der Waals surface area contributed by atoms with Crippen LogP contribution in [0.1, 0.15) is 28.2 Å². The van der Waals surface area contributed by atoms with E-state index >= 15 is 0 Å². The summed E-state index contributed by atoms with van der Waals surface area (Å²) in [6.07, 6.45) is -2.68. The van der Waals surface area contributed by atoms with Crippen molar-refractivity contribution in [3.05, 3.63) is 29.1 Å². The summed E-state index contributed by atoms with van der Waals surface area (Å²) in [5.41, 5.74) is 4.90. The summed E-state index contributed by atoms with van der Waals surface area (Å²) in [5.74, 6) is -0.792. The van der Waals surface area contributed by atoms with Crippen LogP contribution < -0.4 is 5.73 Å². The molecular weight excluding hydrogens is 178 g/mol. The number of pyridine rings is 1. The molecule has 0 saturated carbocycles. The Morgan fingerprint density at radius 3 is 2.62 bits per heavy atom. The molecule has 0 aliphatic heterocycles. The minimum Gasteiger partial charge on any atom is -0.364 e. The Morgan fingerprint density at radius 2 is 2.15 bits per heavy atom. The summed E-state index contributed by atoms with van der Waals surface area (Å²) in [5, 5.41) is 0. The first-order valence-electron chi connectivity index (χ1n) is 3.58. The maximum atomic E-state index is 12.1. The Hall–Kier alpha value is -1.52. The van der Waals surface area contributed by atoms with Crippen molar-refractivity contribution in [3.63, 3.8) is 0 Å². The van der Waals surface area contributed by atoms with E-state index in [2.05, 4.69) is 4.98 Å². The van der Waals surface area contributed by atoms with Gasteiger partial charge in [-0.3, -0.25) is 4.79 Å². The number of carbonyl (C=O) groups excluding carboxylic acids is 1. The minimum atomic E-state index is -2.68. The molecular formula is C8H8F2N2O. The summed E-state index contributed by atoms with van der Waals surface area (Å²) >= 11 is 0. The first-order chi connectivity index (χ1) is 6.02. The zero-order valence-electron chi connectivity index (χ0n) is 6.92. The summed E-state index contributed by atoms with van der Waals surface area (Å²) in [7, 11) is 0. The highest BCUT2D eigenvalue weighted by molar-refractivity contribution is 5.92. The molecule has 0 radical (unpaired) electrons. The van der Waals surface area contributed by atoms with Crippen LogP contribution in [0.3, 0.4) is 0 Å². The Morgan fingerprint density at radius 1 is 1.54 bits per heavy atom. The van der Waals surface area contributed by atoms with Crippen LogP contribution in [0.5, 0.6) is 0 Å². The van der Waals surface area contributed by atoms with Gasteiger partial charge in [-0.05, 0) is 18.6 Å². The van der Waals surface area contributed by atoms with Crippen molar-refractivity contribution in [1.29, 1.82) is 0 Å². The maximum Gasteiger partial charge on any atom is 0.280 e. The largest absolute Gasteiger partial charge is 0.364 e. The van der Waals surface area contributed by atoms with Crippen molar-refractivity contribution in [1.82, 2.24) is 4.98 Å². The van der Waals surface area contributed by atoms with Crippen LogP contribution in [-0.4, -0.2) is 10.9 Å². The molecule has 1 rings (SSSR count). The summed E-state index contributed by atoms with van der Waals surface area (Å²) in [6.45, 7) is 1.59. The number of rotatable bonds is 2. The Labute approximate surface area is 73.6 Å². The third-order valence-corrected chi connectivity index (χ3v) is 1.58. The third-order valence-electron chi connectivity index (χ3n) is 1.58. The fraction of sp³-hybridized carbons (Fsp3) is 0.250. The van der Waals surface area contributed by atoms with E-state index in [1.54, 1.807) is 6.92 Å². The molecule has 0 bridgehead atoms. The van der Waals surface area contributed by atoms with E-state index in [4.69, 9.17) is 5.73 Å². The van der Waals surface area contributed by atoms with Crippen molar-refractivity contribution in [2.45, 2.75) is 13.3 Å². The van der Waals surface area contributed by atoms with Gasteiger partial charge in [0.2, 0.25) is 0 Å². The molecule has 0 aromatic carbocycles. The lowest BCUT2D eigenvalue weighted by Gasteiger charge is -2.03. The van der Waals surface area contributed by atoms with Gasteiger partial charge < -0.3 is 5.73 Å². The highest BCUT2D eigenvalue weighted by Crippen LogP contribution is 2.17. The highest BCUT2D eigenvalue weighted by Gasteiger charge is 2.13. The molecule has 0 fully saturated rings. The second kappa shape index (κ2) is 3.47. The van der Waals surface area contributed by atoms with Gasteiger partial charge in [0.25, 0.3) is 12.3 Å². The molecule has 0 atom stereocenters. The van der Waals surface area contributed by atoms with Gasteiger partial charge in [0.15, 0.2) is 0 Å². The van der Waals surface area contributed by atoms with Gasteiger partial charge in [0.1, 0.15) is 11.4 Å². The number of hydrogen-bond acceptors (Lipinski definition) is 2. The molecule has 0 aliphatic carbocycles. The highest BCUT2D eigenvalue weighted by atomic mass is 19.3. The van der Waals surface area contributed by atoms with Gasteiger partial charge in [-0.15, -0.1) is 0 Å². The van der Waals surface area contributed by atoms with E-state index < -0.39 is 18.0 Å². The standard InChI is InChI=1S/C8H8F2N2O/c1-4-2-3-5(7(9)10)12-6(4)8(11)13/h2-3,7H,1H3,(H2,11,13). The van der Waals surface area contributed by atoms with Crippen LogP contribution >= 0.6 is 0 Å². The van der Waals surface area contributed by atoms with Crippen LogP contribution in [0.25, 0.3) is 0 Å². The molecule has 1 aromatic heterocycles. The van der Waals surface area contributed by atoms with E-state index in [0.29, 0.717) is 5.56 Å². The van der Waals surface area contributed by atoms with Gasteiger partial charge in [-0.25, -0.2) is 13.8 Å². The Balaban J connectivity index is 3.19. The number of carbonyl (C=O) groups is 1. The monoisotopic (exact) mass is 186 g/mol. The SMILES string of the molecule is Cc1ccc(C(F)F)nc1C(N)=O. The molecule has 5 heteroatoms. The molecule has 3 nitrogen and oxygen atoms in total. The van der Waals surface area contributed by atoms with E-state index in [-0.39, 0.29) is 5.69 Å². The van der Waals surface area contributed by atoms with Gasteiger partial charge in [0, 0.05) is 0 Å². The molecule has 0 aliphatic rings. The lowest BCUT2D eigenvalue weighted by atomic mass is 10.2. The number of primary amides is 1. The molecule has 13 heavy (non-hydrogen) atoms. The summed E-state index contributed by atoms with van der Waals surface area (Å²) in [4.78, 5) is 14.2. The predicted octanol–water partition coefficient (Wildman–Crippen LogP) is 1.43. The number of aryl methyl sites for hydroxylation is 1. The van der Waals surface area contributed by atoms with Crippen LogP contribution in [0.2, 0.25) is 0 Å². The van der Waals surface area contributed by atoms with Crippen LogP contribution in [-0.2, 0) is 0 Å². The molecule has 0 spiro atoms. The lowest BCUT2D eigenvalue weighted by Crippen LogP contribution is -2.15. The number of nitrogens with two attached hydrogens (primary N) is 1. The Bertz CT molecular complexity index is 339. The van der Waals surface area contributed by atoms with E-state index in [9.17, 15) is 13.6 Å². The average molecular weight is 186 g/mol. The molecule has 2 N–H and O–H groups in total. The van der Waals surface area contributed by atoms with Gasteiger partial charge in [0.05, 0.1) is 0 Å². The number of aromatic nitrogens is 1. The lowest BCUT2D eigenvalue weighted by molar-refractivity contribution is 0.0992. The first kappa shape index (κ1) is 9.57. The third kappa shape index (κ3) is 1.99. The fourth-order valence-electron chi connectivity index (χ4n) is 0.915. The number of nitrogens with zero attached hydrogens (tertiary/aromatic N) is 1. The fourth-order valence-corrected chi connectivity index (χ4v) is 0.915. The molecule has 0 unspecified atom stereocenters. The van der Waals surface area contributed by atoms with Crippen molar-refractivity contribution in [2.75, 3.05) is 0 Å². The van der Waals surface area contributed by atoms with E-state index in [1.165, 1.54) is 12.1 Å². The molecule has 1 amide bonds. The smallest absolute Gasteiger partial charge is 0.280 e. The second-order valence-corrected chi connectivity index (χ2v) is 2.57. The Kier molecular flexibility index (Phi) is 2.55.